The van der Waals surface area contributed by atoms with Crippen molar-refractivity contribution < 1.29 is 17.9 Å². The minimum Gasteiger partial charge on any atom is -0.360 e. The molecule has 1 amide bonds. The number of aromatic nitrogens is 2. The fraction of sp³-hybridized carbons (Fsp3) is 0.500. The van der Waals surface area contributed by atoms with E-state index < -0.39 is 29.7 Å². The van der Waals surface area contributed by atoms with Crippen LogP contribution in [0.2, 0.25) is 25.7 Å². The van der Waals surface area contributed by atoms with Crippen LogP contribution in [-0.2, 0) is 21.5 Å². The molecule has 10 nitrogen and oxygen atoms in total. The molecule has 0 spiro atoms. The van der Waals surface area contributed by atoms with E-state index in [0.717, 1.165) is 6.04 Å². The van der Waals surface area contributed by atoms with Gasteiger partial charge in [0.2, 0.25) is 10.0 Å². The zero-order valence-electron chi connectivity index (χ0n) is 17.5. The van der Waals surface area contributed by atoms with Crippen LogP contribution in [0.25, 0.3) is 15.7 Å². The summed E-state index contributed by atoms with van der Waals surface area (Å²) in [5.41, 5.74) is 1.45. The number of sulfonamides is 1. The highest BCUT2D eigenvalue weighted by Gasteiger charge is 2.54. The van der Waals surface area contributed by atoms with Crippen molar-refractivity contribution in [3.63, 3.8) is 0 Å². The number of nitrogen functional groups attached to an aromatic ring is 1. The fourth-order valence-electron chi connectivity index (χ4n) is 2.92. The van der Waals surface area contributed by atoms with Gasteiger partial charge in [0.1, 0.15) is 6.73 Å². The Morgan fingerprint density at radius 2 is 2.10 bits per heavy atom. The summed E-state index contributed by atoms with van der Waals surface area (Å²) < 4.78 is 35.8. The normalized spacial score (nSPS) is 15.6. The molecule has 1 aromatic heterocycles. The number of halogens is 1. The molecule has 168 valence electrons. The molecule has 3 rings (SSSR count). The highest BCUT2D eigenvalue weighted by Crippen LogP contribution is 2.39. The van der Waals surface area contributed by atoms with Gasteiger partial charge in [-0.1, -0.05) is 19.6 Å². The second kappa shape index (κ2) is 8.61. The van der Waals surface area contributed by atoms with Gasteiger partial charge in [-0.25, -0.2) is 25.5 Å². The average molecular weight is 529 g/mol. The maximum Gasteiger partial charge on any atom is 0.299 e. The first kappa shape index (κ1) is 23.8. The Bertz CT molecular complexity index is 1160. The molecule has 0 unspecified atom stereocenters. The minimum absolute atomic E-state index is 0.0182. The SMILES string of the molecule is [C-]#[N+]C1(NS(=O)(=O)c2cc(Br)c3c(c2)c(C(=O)NN)nn3COCC[Si](C)(C)C)CC1. The molecule has 0 atom stereocenters. The van der Waals surface area contributed by atoms with Crippen LogP contribution in [0.4, 0.5) is 0 Å². The molecule has 0 bridgehead atoms. The lowest BCUT2D eigenvalue weighted by molar-refractivity contribution is 0.0804. The zero-order chi connectivity index (χ0) is 23.0. The van der Waals surface area contributed by atoms with Crippen molar-refractivity contribution in [3.05, 3.63) is 33.7 Å². The van der Waals surface area contributed by atoms with E-state index in [0.29, 0.717) is 34.8 Å². The maximum atomic E-state index is 12.9. The number of carbonyl (C=O) groups excluding carboxylic acids is 1. The molecule has 2 aromatic rings. The van der Waals surface area contributed by atoms with E-state index in [4.69, 9.17) is 17.2 Å². The average Bonchev–Trinajstić information content (AvgIpc) is 3.35. The van der Waals surface area contributed by atoms with Gasteiger partial charge in [-0.3, -0.25) is 15.1 Å². The van der Waals surface area contributed by atoms with Gasteiger partial charge in [-0.05, 0) is 34.1 Å². The molecule has 0 radical (unpaired) electrons. The molecule has 1 aliphatic carbocycles. The number of nitrogens with zero attached hydrogens (tertiary/aromatic N) is 3. The van der Waals surface area contributed by atoms with Crippen LogP contribution in [0, 0.1) is 6.57 Å². The highest BCUT2D eigenvalue weighted by molar-refractivity contribution is 9.10. The van der Waals surface area contributed by atoms with Crippen LogP contribution in [0.5, 0.6) is 0 Å². The van der Waals surface area contributed by atoms with Gasteiger partial charge in [0, 0.05) is 24.5 Å². The van der Waals surface area contributed by atoms with E-state index in [9.17, 15) is 13.2 Å². The number of hydrogen-bond donors (Lipinski definition) is 3. The number of hydrazine groups is 1. The molecular formula is C18H25BrN6O4SSi. The standard InChI is InChI=1S/C18H25BrN6O4SSi/c1-21-18(5-6-18)24-30(27,28)12-9-13-15(17(26)22-20)23-25(16(13)14(19)10-12)11-29-7-8-31(2,3)4/h9-10,24H,5-8,11,20H2,2-4H3,(H,22,26). The van der Waals surface area contributed by atoms with Crippen LogP contribution < -0.4 is 16.0 Å². The fourth-order valence-corrected chi connectivity index (χ4v) is 5.91. The summed E-state index contributed by atoms with van der Waals surface area (Å²) in [5.74, 6) is 4.64. The molecule has 13 heteroatoms. The number of nitrogens with two attached hydrogens (primary N) is 1. The third-order valence-electron chi connectivity index (χ3n) is 4.90. The van der Waals surface area contributed by atoms with Crippen LogP contribution in [0.15, 0.2) is 21.5 Å². The molecule has 4 N–H and O–H groups in total. The second-order valence-corrected chi connectivity index (χ2v) is 16.9. The van der Waals surface area contributed by atoms with Gasteiger partial charge < -0.3 is 4.74 Å². The predicted molar refractivity (Wildman–Crippen MR) is 122 cm³/mol. The number of carbonyl (C=O) groups is 1. The molecule has 1 saturated carbocycles. The lowest BCUT2D eigenvalue weighted by Crippen LogP contribution is -2.34. The Morgan fingerprint density at radius 1 is 1.42 bits per heavy atom. The number of nitrogens with one attached hydrogen (secondary N) is 2. The van der Waals surface area contributed by atoms with Crippen molar-refractivity contribution >= 4 is 50.8 Å². The Labute approximate surface area is 190 Å². The summed E-state index contributed by atoms with van der Waals surface area (Å²) in [6.45, 7) is 14.6. The van der Waals surface area contributed by atoms with E-state index in [1.165, 1.54) is 16.8 Å². The molecule has 1 aromatic carbocycles. The quantitative estimate of drug-likeness (QED) is 0.114. The van der Waals surface area contributed by atoms with Gasteiger partial charge >= 0.3 is 0 Å². The van der Waals surface area contributed by atoms with Crippen LogP contribution in [-0.4, -0.2) is 44.4 Å². The van der Waals surface area contributed by atoms with E-state index in [1.54, 1.807) is 0 Å². The molecule has 1 fully saturated rings. The maximum absolute atomic E-state index is 12.9. The van der Waals surface area contributed by atoms with Crippen molar-refractivity contribution in [2.24, 2.45) is 5.84 Å². The largest absolute Gasteiger partial charge is 0.360 e. The summed E-state index contributed by atoms with van der Waals surface area (Å²) in [6.07, 6.45) is 0.930. The second-order valence-electron chi connectivity index (χ2n) is 8.72. The van der Waals surface area contributed by atoms with E-state index in [2.05, 4.69) is 50.2 Å². The smallest absolute Gasteiger partial charge is 0.299 e. The first-order chi connectivity index (χ1) is 14.4. The number of rotatable bonds is 9. The summed E-state index contributed by atoms with van der Waals surface area (Å²) in [7, 11) is -5.24. The number of hydrogen-bond acceptors (Lipinski definition) is 6. The highest BCUT2D eigenvalue weighted by atomic mass is 79.9. The molecule has 0 aliphatic heterocycles. The molecule has 1 heterocycles. The monoisotopic (exact) mass is 528 g/mol. The number of ether oxygens (including phenoxy) is 1. The zero-order valence-corrected chi connectivity index (χ0v) is 20.9. The molecule has 31 heavy (non-hydrogen) atoms. The number of benzene rings is 1. The van der Waals surface area contributed by atoms with Crippen molar-refractivity contribution in [1.82, 2.24) is 19.9 Å². The lowest BCUT2D eigenvalue weighted by atomic mass is 10.2. The van der Waals surface area contributed by atoms with E-state index in [-0.39, 0.29) is 17.3 Å². The lowest BCUT2D eigenvalue weighted by Gasteiger charge is -2.15. The Hall–Kier alpha value is -1.82. The number of amides is 1. The van der Waals surface area contributed by atoms with Crippen molar-refractivity contribution in [3.8, 4) is 0 Å². The Morgan fingerprint density at radius 3 is 2.65 bits per heavy atom. The van der Waals surface area contributed by atoms with E-state index in [1.807, 2.05) is 5.43 Å². The number of fused-ring (bicyclic) bond motifs is 1. The van der Waals surface area contributed by atoms with Gasteiger partial charge in [0.05, 0.1) is 23.3 Å². The first-order valence-electron chi connectivity index (χ1n) is 9.63. The van der Waals surface area contributed by atoms with Crippen LogP contribution in [0.1, 0.15) is 23.3 Å². The molecule has 0 saturated heterocycles. The summed E-state index contributed by atoms with van der Waals surface area (Å²) >= 11 is 3.40. The third kappa shape index (κ3) is 5.33. The third-order valence-corrected chi connectivity index (χ3v) is 8.71. The topological polar surface area (TPSA) is 133 Å². The van der Waals surface area contributed by atoms with Gasteiger partial charge in [0.25, 0.3) is 11.6 Å². The Balaban J connectivity index is 1.99. The van der Waals surface area contributed by atoms with Crippen molar-refractivity contribution in [1.29, 1.82) is 0 Å². The van der Waals surface area contributed by atoms with Crippen LogP contribution >= 0.6 is 15.9 Å². The van der Waals surface area contributed by atoms with Gasteiger partial charge in [0.15, 0.2) is 5.69 Å². The van der Waals surface area contributed by atoms with Crippen molar-refractivity contribution in [2.45, 2.75) is 55.8 Å². The predicted octanol–water partition coefficient (Wildman–Crippen LogP) is 2.40. The Kier molecular flexibility index (Phi) is 6.62. The van der Waals surface area contributed by atoms with Gasteiger partial charge in [-0.15, -0.1) is 4.72 Å². The minimum atomic E-state index is -3.98. The summed E-state index contributed by atoms with van der Waals surface area (Å²) in [5, 5.41) is 4.60. The molecule has 1 aliphatic rings. The van der Waals surface area contributed by atoms with Crippen LogP contribution in [0.3, 0.4) is 0 Å². The van der Waals surface area contributed by atoms with E-state index >= 15 is 0 Å². The summed E-state index contributed by atoms with van der Waals surface area (Å²) in [6, 6.07) is 3.76. The van der Waals surface area contributed by atoms with Gasteiger partial charge in [-0.2, -0.15) is 5.10 Å². The first-order valence-corrected chi connectivity index (χ1v) is 15.6. The summed E-state index contributed by atoms with van der Waals surface area (Å²) in [4.78, 5) is 15.6. The molecular weight excluding hydrogens is 504 g/mol. The van der Waals surface area contributed by atoms with Crippen molar-refractivity contribution in [2.75, 3.05) is 6.61 Å².